The molecule has 0 aromatic heterocycles. The van der Waals surface area contributed by atoms with E-state index < -0.39 is 5.60 Å². The molecule has 0 aromatic carbocycles. The lowest BCUT2D eigenvalue weighted by Gasteiger charge is -2.32. The Hall–Kier alpha value is -0.770. The summed E-state index contributed by atoms with van der Waals surface area (Å²) < 4.78 is 5.17. The zero-order valence-corrected chi connectivity index (χ0v) is 10.6. The number of nitrogens with one attached hydrogen (secondary N) is 1. The van der Waals surface area contributed by atoms with Gasteiger partial charge in [-0.25, -0.2) is 4.79 Å². The molecule has 2 N–H and O–H groups in total. The normalized spacial score (nSPS) is 30.9. The molecule has 1 fully saturated rings. The van der Waals surface area contributed by atoms with Crippen LogP contribution in [-0.2, 0) is 4.74 Å². The quantitative estimate of drug-likeness (QED) is 0.723. The van der Waals surface area contributed by atoms with Crippen molar-refractivity contribution in [1.29, 1.82) is 0 Å². The van der Waals surface area contributed by atoms with Gasteiger partial charge < -0.3 is 15.2 Å². The Bertz CT molecular complexity index is 247. The van der Waals surface area contributed by atoms with Gasteiger partial charge in [0.1, 0.15) is 5.60 Å². The summed E-state index contributed by atoms with van der Waals surface area (Å²) in [5, 5.41) is 12.5. The molecule has 1 rings (SSSR count). The van der Waals surface area contributed by atoms with E-state index in [-0.39, 0.29) is 18.2 Å². The zero-order valence-electron chi connectivity index (χ0n) is 10.6. The Morgan fingerprint density at radius 2 is 2.00 bits per heavy atom. The van der Waals surface area contributed by atoms with Crippen LogP contribution in [0.1, 0.15) is 47.0 Å². The van der Waals surface area contributed by atoms with Gasteiger partial charge in [0.05, 0.1) is 6.10 Å². The minimum Gasteiger partial charge on any atom is -0.444 e. The van der Waals surface area contributed by atoms with Crippen molar-refractivity contribution >= 4 is 6.09 Å². The predicted octanol–water partition coefficient (Wildman–Crippen LogP) is 2.06. The highest BCUT2D eigenvalue weighted by Crippen LogP contribution is 2.24. The number of hydrogen-bond donors (Lipinski definition) is 2. The highest BCUT2D eigenvalue weighted by Gasteiger charge is 2.28. The van der Waals surface area contributed by atoms with Gasteiger partial charge >= 0.3 is 6.09 Å². The molecule has 0 heterocycles. The second-order valence-corrected chi connectivity index (χ2v) is 5.70. The van der Waals surface area contributed by atoms with Crippen molar-refractivity contribution in [2.24, 2.45) is 5.92 Å². The number of carbonyl (C=O) groups is 1. The van der Waals surface area contributed by atoms with Gasteiger partial charge in [0.2, 0.25) is 0 Å². The van der Waals surface area contributed by atoms with Gasteiger partial charge in [-0.15, -0.1) is 0 Å². The molecule has 4 nitrogen and oxygen atoms in total. The van der Waals surface area contributed by atoms with Crippen LogP contribution in [0.25, 0.3) is 0 Å². The van der Waals surface area contributed by atoms with Gasteiger partial charge in [-0.3, -0.25) is 0 Å². The third kappa shape index (κ3) is 4.39. The molecule has 0 spiro atoms. The molecular formula is C12H23NO3. The van der Waals surface area contributed by atoms with Crippen molar-refractivity contribution in [2.45, 2.75) is 64.7 Å². The molecular weight excluding hydrogens is 206 g/mol. The van der Waals surface area contributed by atoms with E-state index in [4.69, 9.17) is 4.74 Å². The van der Waals surface area contributed by atoms with Crippen LogP contribution >= 0.6 is 0 Å². The number of ether oxygens (including phenoxy) is 1. The second-order valence-electron chi connectivity index (χ2n) is 5.70. The Morgan fingerprint density at radius 3 is 2.50 bits per heavy atom. The van der Waals surface area contributed by atoms with Crippen molar-refractivity contribution in [3.8, 4) is 0 Å². The average molecular weight is 229 g/mol. The highest BCUT2D eigenvalue weighted by atomic mass is 16.6. The van der Waals surface area contributed by atoms with Crippen molar-refractivity contribution in [3.63, 3.8) is 0 Å². The lowest BCUT2D eigenvalue weighted by atomic mass is 9.85. The summed E-state index contributed by atoms with van der Waals surface area (Å²) in [4.78, 5) is 11.5. The molecule has 0 aliphatic heterocycles. The molecule has 1 saturated carbocycles. The van der Waals surface area contributed by atoms with E-state index in [9.17, 15) is 9.90 Å². The van der Waals surface area contributed by atoms with E-state index in [1.807, 2.05) is 27.7 Å². The summed E-state index contributed by atoms with van der Waals surface area (Å²) >= 11 is 0. The number of alkyl carbamates (subject to hydrolysis) is 1. The maximum absolute atomic E-state index is 11.5. The Kier molecular flexibility index (Phi) is 4.19. The maximum Gasteiger partial charge on any atom is 0.407 e. The molecule has 16 heavy (non-hydrogen) atoms. The minimum absolute atomic E-state index is 0.0426. The average Bonchev–Trinajstić information content (AvgIpc) is 2.08. The smallest absolute Gasteiger partial charge is 0.407 e. The molecule has 1 amide bonds. The van der Waals surface area contributed by atoms with Crippen molar-refractivity contribution in [3.05, 3.63) is 0 Å². The van der Waals surface area contributed by atoms with Gasteiger partial charge in [0.15, 0.2) is 0 Å². The number of rotatable bonds is 1. The summed E-state index contributed by atoms with van der Waals surface area (Å²) in [6, 6.07) is 0.0426. The first-order valence-corrected chi connectivity index (χ1v) is 5.95. The fourth-order valence-corrected chi connectivity index (χ4v) is 1.90. The van der Waals surface area contributed by atoms with E-state index in [1.165, 1.54) is 0 Å². The molecule has 94 valence electrons. The SMILES string of the molecule is C[C@H]1CC[C@H](NC(=O)OC(C)(C)C)C[C@@H]1O. The molecule has 4 heteroatoms. The third-order valence-corrected chi connectivity index (χ3v) is 2.87. The van der Waals surface area contributed by atoms with Crippen LogP contribution in [0.15, 0.2) is 0 Å². The van der Waals surface area contributed by atoms with Crippen LogP contribution in [0, 0.1) is 5.92 Å². The Morgan fingerprint density at radius 1 is 1.38 bits per heavy atom. The fraction of sp³-hybridized carbons (Fsp3) is 0.917. The first-order chi connectivity index (χ1) is 7.28. The third-order valence-electron chi connectivity index (χ3n) is 2.87. The molecule has 1 aliphatic rings. The number of hydrogen-bond acceptors (Lipinski definition) is 3. The predicted molar refractivity (Wildman–Crippen MR) is 62.2 cm³/mol. The van der Waals surface area contributed by atoms with Crippen LogP contribution in [-0.4, -0.2) is 28.9 Å². The van der Waals surface area contributed by atoms with Crippen molar-refractivity contribution in [1.82, 2.24) is 5.32 Å². The lowest BCUT2D eigenvalue weighted by Crippen LogP contribution is -2.44. The number of aliphatic hydroxyl groups excluding tert-OH is 1. The summed E-state index contributed by atoms with van der Waals surface area (Å²) in [5.74, 6) is 0.330. The first kappa shape index (κ1) is 13.3. The Balaban J connectivity index is 2.35. The van der Waals surface area contributed by atoms with Crippen LogP contribution in [0.5, 0.6) is 0 Å². The van der Waals surface area contributed by atoms with Crippen molar-refractivity contribution < 1.29 is 14.6 Å². The monoisotopic (exact) mass is 229 g/mol. The fourth-order valence-electron chi connectivity index (χ4n) is 1.90. The summed E-state index contributed by atoms with van der Waals surface area (Å²) in [6.45, 7) is 7.55. The van der Waals surface area contributed by atoms with Crippen LogP contribution in [0.2, 0.25) is 0 Å². The first-order valence-electron chi connectivity index (χ1n) is 5.95. The number of carbonyl (C=O) groups excluding carboxylic acids is 1. The van der Waals surface area contributed by atoms with Gasteiger partial charge in [0, 0.05) is 6.04 Å². The van der Waals surface area contributed by atoms with Gasteiger partial charge in [-0.1, -0.05) is 6.92 Å². The highest BCUT2D eigenvalue weighted by molar-refractivity contribution is 5.68. The van der Waals surface area contributed by atoms with Crippen LogP contribution < -0.4 is 5.32 Å². The van der Waals surface area contributed by atoms with Gasteiger partial charge in [-0.05, 0) is 46.0 Å². The van der Waals surface area contributed by atoms with E-state index in [0.717, 1.165) is 12.8 Å². The molecule has 0 saturated heterocycles. The van der Waals surface area contributed by atoms with Crippen LogP contribution in [0.3, 0.4) is 0 Å². The molecule has 0 aromatic rings. The van der Waals surface area contributed by atoms with Gasteiger partial charge in [0.25, 0.3) is 0 Å². The summed E-state index contributed by atoms with van der Waals surface area (Å²) in [6.07, 6.45) is 1.78. The van der Waals surface area contributed by atoms with Gasteiger partial charge in [-0.2, -0.15) is 0 Å². The van der Waals surface area contributed by atoms with E-state index in [0.29, 0.717) is 12.3 Å². The van der Waals surface area contributed by atoms with E-state index in [1.54, 1.807) is 0 Å². The molecule has 1 aliphatic carbocycles. The minimum atomic E-state index is -0.468. The lowest BCUT2D eigenvalue weighted by molar-refractivity contribution is 0.0370. The maximum atomic E-state index is 11.5. The Labute approximate surface area is 97.4 Å². The molecule has 3 atom stereocenters. The van der Waals surface area contributed by atoms with E-state index >= 15 is 0 Å². The summed E-state index contributed by atoms with van der Waals surface area (Å²) in [5.41, 5.74) is -0.468. The van der Waals surface area contributed by atoms with E-state index in [2.05, 4.69) is 5.32 Å². The van der Waals surface area contributed by atoms with Crippen LogP contribution in [0.4, 0.5) is 4.79 Å². The molecule has 0 bridgehead atoms. The van der Waals surface area contributed by atoms with Crippen molar-refractivity contribution in [2.75, 3.05) is 0 Å². The summed E-state index contributed by atoms with van der Waals surface area (Å²) in [7, 11) is 0. The topological polar surface area (TPSA) is 58.6 Å². The molecule has 0 radical (unpaired) electrons. The number of amides is 1. The molecule has 0 unspecified atom stereocenters. The largest absolute Gasteiger partial charge is 0.444 e. The zero-order chi connectivity index (χ0) is 12.3. The second kappa shape index (κ2) is 5.04. The standard InChI is InChI=1S/C12H23NO3/c1-8-5-6-9(7-10(8)14)13-11(15)16-12(2,3)4/h8-10,14H,5-7H2,1-4H3,(H,13,15)/t8-,9-,10-/m0/s1. The number of aliphatic hydroxyl groups is 1.